The summed E-state index contributed by atoms with van der Waals surface area (Å²) in [4.78, 5) is 0. The molecule has 3 nitrogen and oxygen atoms in total. The maximum absolute atomic E-state index is 6.59. The number of para-hydroxylation sites is 4. The molecule has 288 valence electrons. The molecule has 1 heterocycles. The van der Waals surface area contributed by atoms with Gasteiger partial charge in [0.25, 0.3) is 0 Å². The van der Waals surface area contributed by atoms with Gasteiger partial charge in [-0.05, 0) is 124 Å². The van der Waals surface area contributed by atoms with Crippen molar-refractivity contribution in [2.75, 3.05) is 10.6 Å². The van der Waals surface area contributed by atoms with E-state index in [4.69, 9.17) is 4.42 Å². The first-order valence-corrected chi connectivity index (χ1v) is 20.7. The lowest BCUT2D eigenvalue weighted by Crippen LogP contribution is -1.97. The molecule has 0 spiro atoms. The summed E-state index contributed by atoms with van der Waals surface area (Å²) in [5.74, 6) is 0. The van der Waals surface area contributed by atoms with Crippen molar-refractivity contribution in [2.45, 2.75) is 20.3 Å². The fourth-order valence-electron chi connectivity index (χ4n) is 8.61. The highest BCUT2D eigenvalue weighted by atomic mass is 16.3. The Labute approximate surface area is 351 Å². The molecule has 0 saturated heterocycles. The normalized spacial score (nSPS) is 11.8. The zero-order valence-electron chi connectivity index (χ0n) is 33.7. The monoisotopic (exact) mass is 772 g/mol. The van der Waals surface area contributed by atoms with E-state index in [2.05, 4.69) is 212 Å². The molecule has 9 aromatic carbocycles. The third kappa shape index (κ3) is 7.01. The lowest BCUT2D eigenvalue weighted by atomic mass is 9.90. The van der Waals surface area contributed by atoms with Crippen LogP contribution in [-0.4, -0.2) is 0 Å². The van der Waals surface area contributed by atoms with Gasteiger partial charge in [-0.15, -0.1) is 0 Å². The number of aryl methyl sites for hydroxylation is 1. The molecule has 0 aliphatic carbocycles. The smallest absolute Gasteiger partial charge is 0.143 e. The van der Waals surface area contributed by atoms with Crippen molar-refractivity contribution in [3.8, 4) is 33.4 Å². The molecule has 10 rings (SSSR count). The van der Waals surface area contributed by atoms with Gasteiger partial charge in [0.2, 0.25) is 0 Å². The van der Waals surface area contributed by atoms with Gasteiger partial charge in [0.15, 0.2) is 0 Å². The molecule has 0 unspecified atom stereocenters. The summed E-state index contributed by atoms with van der Waals surface area (Å²) in [6.07, 6.45) is 9.26. The molecule has 10 aromatic rings. The molecular formula is C57H44N2O. The Bertz CT molecular complexity index is 3260. The zero-order chi connectivity index (χ0) is 40.4. The second-order valence-corrected chi connectivity index (χ2v) is 15.4. The maximum Gasteiger partial charge on any atom is 0.143 e. The SMILES string of the molecule is C/C=C\C=C/Cc1ccccc1Nc1ccccc1-c1ccc(Nc2ccc(-c3cccc4c3oc3ccccc34)c(-c3ccc4ccc5cccc(C)c5c4c3)c2)cc1. The van der Waals surface area contributed by atoms with Crippen molar-refractivity contribution < 1.29 is 4.42 Å². The Morgan fingerprint density at radius 2 is 1.20 bits per heavy atom. The minimum Gasteiger partial charge on any atom is -0.455 e. The van der Waals surface area contributed by atoms with Crippen molar-refractivity contribution in [1.29, 1.82) is 0 Å². The van der Waals surface area contributed by atoms with Crippen molar-refractivity contribution in [2.24, 2.45) is 0 Å². The van der Waals surface area contributed by atoms with Crippen LogP contribution in [0.15, 0.2) is 211 Å². The van der Waals surface area contributed by atoms with E-state index in [1.165, 1.54) is 32.7 Å². The van der Waals surface area contributed by atoms with Crippen LogP contribution >= 0.6 is 0 Å². The molecule has 0 aliphatic heterocycles. The second-order valence-electron chi connectivity index (χ2n) is 15.4. The van der Waals surface area contributed by atoms with Crippen molar-refractivity contribution >= 4 is 66.2 Å². The van der Waals surface area contributed by atoms with Gasteiger partial charge < -0.3 is 15.1 Å². The number of nitrogens with one attached hydrogen (secondary N) is 2. The summed E-state index contributed by atoms with van der Waals surface area (Å²) >= 11 is 0. The van der Waals surface area contributed by atoms with Crippen LogP contribution in [0.25, 0.3) is 76.9 Å². The molecular weight excluding hydrogens is 729 g/mol. The van der Waals surface area contributed by atoms with Gasteiger partial charge in [0.05, 0.1) is 0 Å². The highest BCUT2D eigenvalue weighted by Gasteiger charge is 2.17. The Hall–Kier alpha value is -7.62. The quantitative estimate of drug-likeness (QED) is 0.107. The van der Waals surface area contributed by atoms with Crippen LogP contribution < -0.4 is 10.6 Å². The Morgan fingerprint density at radius 3 is 2.10 bits per heavy atom. The zero-order valence-corrected chi connectivity index (χ0v) is 33.7. The fraction of sp³-hybridized carbons (Fsp3) is 0.0526. The summed E-state index contributed by atoms with van der Waals surface area (Å²) in [5.41, 5.74) is 15.3. The molecule has 0 atom stereocenters. The average Bonchev–Trinajstić information content (AvgIpc) is 3.68. The predicted octanol–water partition coefficient (Wildman–Crippen LogP) is 16.4. The summed E-state index contributed by atoms with van der Waals surface area (Å²) < 4.78 is 6.59. The lowest BCUT2D eigenvalue weighted by molar-refractivity contribution is 0.670. The number of furan rings is 1. The summed E-state index contributed by atoms with van der Waals surface area (Å²) in [5, 5.41) is 14.8. The van der Waals surface area contributed by atoms with Gasteiger partial charge in [-0.2, -0.15) is 0 Å². The fourth-order valence-corrected chi connectivity index (χ4v) is 8.61. The number of hydrogen-bond acceptors (Lipinski definition) is 3. The predicted molar refractivity (Wildman–Crippen MR) is 257 cm³/mol. The molecule has 60 heavy (non-hydrogen) atoms. The van der Waals surface area contributed by atoms with Gasteiger partial charge in [-0.3, -0.25) is 0 Å². The van der Waals surface area contributed by atoms with E-state index in [0.717, 1.165) is 84.5 Å². The second kappa shape index (κ2) is 16.0. The first kappa shape index (κ1) is 36.7. The van der Waals surface area contributed by atoms with E-state index < -0.39 is 0 Å². The van der Waals surface area contributed by atoms with E-state index in [1.54, 1.807) is 0 Å². The Kier molecular flexibility index (Phi) is 9.77. The third-order valence-corrected chi connectivity index (χ3v) is 11.6. The minimum atomic E-state index is 0.853. The standard InChI is InChI=1S/C57H44N2O/c1-3-4-5-6-16-41-17-7-10-23-53(41)59-54-24-11-8-19-46(54)39-30-32-44(33-31-39)58-45-34-35-47(49-21-14-22-50-48-20-9-12-25-55(48)60-57(49)50)51(37-45)43-29-27-40-26-28-42-18-13-15-38(2)56(42)52(40)36-43/h3-15,17-37,58-59H,16H2,1-2H3/b4-3-,6-5-. The van der Waals surface area contributed by atoms with Gasteiger partial charge in [0, 0.05) is 44.6 Å². The minimum absolute atomic E-state index is 0.853. The highest BCUT2D eigenvalue weighted by molar-refractivity contribution is 6.13. The van der Waals surface area contributed by atoms with Crippen LogP contribution in [0.1, 0.15) is 18.1 Å². The Balaban J connectivity index is 1.02. The van der Waals surface area contributed by atoms with Gasteiger partial charge >= 0.3 is 0 Å². The molecule has 0 fully saturated rings. The van der Waals surface area contributed by atoms with Crippen LogP contribution in [-0.2, 0) is 6.42 Å². The van der Waals surface area contributed by atoms with E-state index >= 15 is 0 Å². The van der Waals surface area contributed by atoms with Gasteiger partial charge in [0.1, 0.15) is 11.2 Å². The largest absolute Gasteiger partial charge is 0.455 e. The van der Waals surface area contributed by atoms with E-state index in [0.29, 0.717) is 0 Å². The Morgan fingerprint density at radius 1 is 0.483 bits per heavy atom. The molecule has 2 N–H and O–H groups in total. The summed E-state index contributed by atoms with van der Waals surface area (Å²) in [7, 11) is 0. The van der Waals surface area contributed by atoms with E-state index in [1.807, 2.05) is 19.1 Å². The van der Waals surface area contributed by atoms with Crippen molar-refractivity contribution in [1.82, 2.24) is 0 Å². The first-order valence-electron chi connectivity index (χ1n) is 20.7. The number of anilines is 4. The van der Waals surface area contributed by atoms with Crippen LogP contribution in [0, 0.1) is 6.92 Å². The van der Waals surface area contributed by atoms with Crippen molar-refractivity contribution in [3.05, 3.63) is 217 Å². The number of fused-ring (bicyclic) bond motifs is 6. The highest BCUT2D eigenvalue weighted by Crippen LogP contribution is 2.43. The van der Waals surface area contributed by atoms with Crippen LogP contribution in [0.2, 0.25) is 0 Å². The van der Waals surface area contributed by atoms with Crippen LogP contribution in [0.5, 0.6) is 0 Å². The van der Waals surface area contributed by atoms with Gasteiger partial charge in [-0.25, -0.2) is 0 Å². The topological polar surface area (TPSA) is 37.2 Å². The lowest BCUT2D eigenvalue weighted by Gasteiger charge is -2.17. The van der Waals surface area contributed by atoms with Crippen LogP contribution in [0.3, 0.4) is 0 Å². The number of rotatable bonds is 10. The van der Waals surface area contributed by atoms with Gasteiger partial charge in [-0.1, -0.05) is 158 Å². The number of benzene rings is 9. The number of hydrogen-bond donors (Lipinski definition) is 2. The average molecular weight is 773 g/mol. The van der Waals surface area contributed by atoms with E-state index in [9.17, 15) is 0 Å². The summed E-state index contributed by atoms with van der Waals surface area (Å²) in [6.45, 7) is 4.24. The van der Waals surface area contributed by atoms with E-state index in [-0.39, 0.29) is 0 Å². The molecule has 3 heteroatoms. The van der Waals surface area contributed by atoms with Crippen molar-refractivity contribution in [3.63, 3.8) is 0 Å². The molecule has 0 amide bonds. The first-order chi connectivity index (χ1) is 29.6. The molecule has 0 bridgehead atoms. The molecule has 1 aromatic heterocycles. The molecule has 0 radical (unpaired) electrons. The third-order valence-electron chi connectivity index (χ3n) is 11.6. The van der Waals surface area contributed by atoms with Crippen LogP contribution in [0.4, 0.5) is 22.7 Å². The molecule has 0 aliphatic rings. The molecule has 0 saturated carbocycles. The maximum atomic E-state index is 6.59. The number of allylic oxidation sites excluding steroid dienone is 4. The summed E-state index contributed by atoms with van der Waals surface area (Å²) in [6, 6.07) is 65.2.